The summed E-state index contributed by atoms with van der Waals surface area (Å²) >= 11 is 0. The molecule has 0 atom stereocenters. The normalized spacial score (nSPS) is 11.4. The third-order valence-electron chi connectivity index (χ3n) is 15.3. The first kappa shape index (κ1) is 47.1. The number of benzene rings is 13. The Labute approximate surface area is 457 Å². The van der Waals surface area contributed by atoms with Crippen molar-refractivity contribution in [2.24, 2.45) is 0 Å². The molecule has 0 unspecified atom stereocenters. The van der Waals surface area contributed by atoms with E-state index in [1.54, 1.807) is 24.3 Å². The van der Waals surface area contributed by atoms with E-state index in [0.717, 1.165) is 89.4 Å². The van der Waals surface area contributed by atoms with Gasteiger partial charge in [-0.15, -0.1) is 0 Å². The number of rotatable bonds is 11. The van der Waals surface area contributed by atoms with Crippen molar-refractivity contribution < 1.29 is 8.78 Å². The van der Waals surface area contributed by atoms with Crippen LogP contribution in [0.3, 0.4) is 0 Å². The second-order valence-electron chi connectivity index (χ2n) is 19.9. The summed E-state index contributed by atoms with van der Waals surface area (Å²) in [5.41, 5.74) is 17.6. The molecule has 0 bridgehead atoms. The molecule has 14 aromatic rings. The van der Waals surface area contributed by atoms with Crippen molar-refractivity contribution in [2.45, 2.75) is 0 Å². The summed E-state index contributed by atoms with van der Waals surface area (Å²) in [7, 11) is 0. The molecule has 0 saturated heterocycles. The molecule has 14 rings (SSSR count). The molecular weight excluding hydrogens is 969 g/mol. The number of hydrogen-bond donors (Lipinski definition) is 0. The Morgan fingerprint density at radius 3 is 0.962 bits per heavy atom. The Morgan fingerprint density at radius 2 is 0.557 bits per heavy atom. The van der Waals surface area contributed by atoms with Gasteiger partial charge in [-0.1, -0.05) is 176 Å². The van der Waals surface area contributed by atoms with Gasteiger partial charge in [0.25, 0.3) is 0 Å². The van der Waals surface area contributed by atoms with E-state index < -0.39 is 0 Å². The maximum atomic E-state index is 14.7. The third-order valence-corrected chi connectivity index (χ3v) is 15.3. The van der Waals surface area contributed by atoms with Crippen molar-refractivity contribution in [3.05, 3.63) is 309 Å². The smallest absolute Gasteiger partial charge is 0.125 e. The Hall–Kier alpha value is -10.4. The molecule has 0 aliphatic carbocycles. The van der Waals surface area contributed by atoms with E-state index in [4.69, 9.17) is 0 Å². The first-order valence-electron chi connectivity index (χ1n) is 26.6. The van der Waals surface area contributed by atoms with Gasteiger partial charge in [-0.2, -0.15) is 0 Å². The number of hydrogen-bond acceptors (Lipinski definition) is 2. The van der Waals surface area contributed by atoms with E-state index in [9.17, 15) is 8.78 Å². The van der Waals surface area contributed by atoms with Crippen LogP contribution in [0.1, 0.15) is 0 Å². The van der Waals surface area contributed by atoms with Crippen LogP contribution in [-0.4, -0.2) is 4.57 Å². The molecule has 0 N–H and O–H groups in total. The van der Waals surface area contributed by atoms with Crippen LogP contribution in [0.4, 0.5) is 42.9 Å². The van der Waals surface area contributed by atoms with Crippen LogP contribution in [0.5, 0.6) is 0 Å². The number of nitrogens with zero attached hydrogens (tertiary/aromatic N) is 3. The number of fused-ring (bicyclic) bond motifs is 5. The van der Waals surface area contributed by atoms with Crippen molar-refractivity contribution >= 4 is 77.5 Å². The fourth-order valence-corrected chi connectivity index (χ4v) is 11.7. The van der Waals surface area contributed by atoms with Crippen molar-refractivity contribution in [1.29, 1.82) is 0 Å². The minimum absolute atomic E-state index is 0.287. The van der Waals surface area contributed by atoms with Gasteiger partial charge in [0.2, 0.25) is 0 Å². The molecule has 0 radical (unpaired) electrons. The van der Waals surface area contributed by atoms with Crippen molar-refractivity contribution in [3.8, 4) is 50.2 Å². The lowest BCUT2D eigenvalue weighted by Crippen LogP contribution is -2.09. The third kappa shape index (κ3) is 8.64. The quantitative estimate of drug-likeness (QED) is 0.120. The summed E-state index contributed by atoms with van der Waals surface area (Å²) in [6.07, 6.45) is 0. The van der Waals surface area contributed by atoms with Crippen LogP contribution in [0.25, 0.3) is 93.5 Å². The summed E-state index contributed by atoms with van der Waals surface area (Å²) in [6, 6.07) is 102. The maximum absolute atomic E-state index is 14.7. The predicted molar refractivity (Wildman–Crippen MR) is 327 cm³/mol. The van der Waals surface area contributed by atoms with Gasteiger partial charge in [0, 0.05) is 50.6 Å². The molecule has 0 aliphatic heterocycles. The Balaban J connectivity index is 0.892. The standard InChI is InChI=1S/C74H49F2N3/c75-56-18-14-24-63(48-56)77(58-20-6-2-7-21-58)60-38-30-50(31-39-60)54-36-44-71-69(46-54)70-47-55(51-32-40-61(41-33-51)78(59-22-8-3-9-23-59)64-25-15-19-57(76)49-64)37-45-72(70)79(71)62-42-34-53(35-43-62)74-67-28-12-10-26-65(67)73(52-16-4-1-5-17-52)66-27-11-13-29-68(66)74/h1-49H. The lowest BCUT2D eigenvalue weighted by Gasteiger charge is -2.25. The highest BCUT2D eigenvalue weighted by molar-refractivity contribution is 6.21. The zero-order chi connectivity index (χ0) is 52.8. The zero-order valence-electron chi connectivity index (χ0n) is 42.9. The van der Waals surface area contributed by atoms with Gasteiger partial charge in [0.1, 0.15) is 11.6 Å². The Morgan fingerprint density at radius 1 is 0.228 bits per heavy atom. The van der Waals surface area contributed by atoms with E-state index in [-0.39, 0.29) is 11.6 Å². The number of aromatic nitrogens is 1. The highest BCUT2D eigenvalue weighted by Gasteiger charge is 2.20. The summed E-state index contributed by atoms with van der Waals surface area (Å²) in [5, 5.41) is 7.14. The molecule has 374 valence electrons. The summed E-state index contributed by atoms with van der Waals surface area (Å²) < 4.78 is 31.8. The zero-order valence-corrected chi connectivity index (χ0v) is 42.9. The molecule has 0 spiro atoms. The first-order valence-corrected chi connectivity index (χ1v) is 26.6. The van der Waals surface area contributed by atoms with Crippen LogP contribution in [0.2, 0.25) is 0 Å². The number of halogens is 2. The largest absolute Gasteiger partial charge is 0.310 e. The van der Waals surface area contributed by atoms with Crippen LogP contribution >= 0.6 is 0 Å². The molecule has 5 heteroatoms. The minimum Gasteiger partial charge on any atom is -0.310 e. The molecule has 79 heavy (non-hydrogen) atoms. The topological polar surface area (TPSA) is 11.4 Å². The van der Waals surface area contributed by atoms with Crippen molar-refractivity contribution in [1.82, 2.24) is 4.57 Å². The van der Waals surface area contributed by atoms with Gasteiger partial charge in [0.05, 0.1) is 11.0 Å². The van der Waals surface area contributed by atoms with Gasteiger partial charge < -0.3 is 14.4 Å². The van der Waals surface area contributed by atoms with E-state index in [1.807, 2.05) is 72.8 Å². The van der Waals surface area contributed by atoms with Crippen LogP contribution in [-0.2, 0) is 0 Å². The molecule has 0 aliphatic rings. The SMILES string of the molecule is Fc1cccc(N(c2ccccc2)c2ccc(-c3ccc4c(c3)c3cc(-c5ccc(N(c6ccccc6)c6cccc(F)c6)cc5)ccc3n4-c3ccc(-c4c5ccccc5c(-c5ccccc5)c5ccccc45)cc3)cc2)c1. The fraction of sp³-hybridized carbons (Fsp3) is 0. The van der Waals surface area contributed by atoms with Crippen LogP contribution < -0.4 is 9.80 Å². The molecule has 0 saturated carbocycles. The number of para-hydroxylation sites is 2. The van der Waals surface area contributed by atoms with Crippen molar-refractivity contribution in [3.63, 3.8) is 0 Å². The predicted octanol–water partition coefficient (Wildman–Crippen LogP) is 21.0. The average Bonchev–Trinajstić information content (AvgIpc) is 3.96. The lowest BCUT2D eigenvalue weighted by atomic mass is 9.86. The minimum atomic E-state index is -0.287. The molecule has 3 nitrogen and oxygen atoms in total. The molecule has 1 aromatic heterocycles. The molecule has 0 fully saturated rings. The highest BCUT2D eigenvalue weighted by atomic mass is 19.1. The van der Waals surface area contributed by atoms with Gasteiger partial charge in [0.15, 0.2) is 0 Å². The van der Waals surface area contributed by atoms with Gasteiger partial charge in [-0.3, -0.25) is 0 Å². The fourth-order valence-electron chi connectivity index (χ4n) is 11.7. The molecule has 13 aromatic carbocycles. The van der Waals surface area contributed by atoms with E-state index in [2.05, 4.69) is 202 Å². The van der Waals surface area contributed by atoms with Crippen molar-refractivity contribution in [2.75, 3.05) is 9.80 Å². The Kier molecular flexibility index (Phi) is 11.9. The van der Waals surface area contributed by atoms with Crippen LogP contribution in [0.15, 0.2) is 297 Å². The monoisotopic (exact) mass is 1020 g/mol. The average molecular weight is 1020 g/mol. The Bertz CT molecular complexity index is 4290. The van der Waals surface area contributed by atoms with E-state index >= 15 is 0 Å². The number of anilines is 6. The van der Waals surface area contributed by atoms with E-state index in [1.165, 1.54) is 50.4 Å². The van der Waals surface area contributed by atoms with Crippen LogP contribution in [0, 0.1) is 11.6 Å². The van der Waals surface area contributed by atoms with E-state index in [0.29, 0.717) is 0 Å². The second kappa shape index (κ2) is 20.0. The first-order chi connectivity index (χ1) is 39.0. The molecule has 0 amide bonds. The lowest BCUT2D eigenvalue weighted by molar-refractivity contribution is 0.627. The maximum Gasteiger partial charge on any atom is 0.125 e. The van der Waals surface area contributed by atoms with Gasteiger partial charge in [-0.05, 0) is 187 Å². The second-order valence-corrected chi connectivity index (χ2v) is 19.9. The molecular formula is C74H49F2N3. The summed E-state index contributed by atoms with van der Waals surface area (Å²) in [6.45, 7) is 0. The highest BCUT2D eigenvalue weighted by Crippen LogP contribution is 2.45. The summed E-state index contributed by atoms with van der Waals surface area (Å²) in [5.74, 6) is -0.574. The molecule has 1 heterocycles. The van der Waals surface area contributed by atoms with Gasteiger partial charge in [-0.25, -0.2) is 8.78 Å². The van der Waals surface area contributed by atoms with Gasteiger partial charge >= 0.3 is 0 Å². The summed E-state index contributed by atoms with van der Waals surface area (Å²) in [4.78, 5) is 4.16.